The van der Waals surface area contributed by atoms with Gasteiger partial charge in [-0.1, -0.05) is 32.0 Å². The second-order valence-corrected chi connectivity index (χ2v) is 11.2. The van der Waals surface area contributed by atoms with Crippen LogP contribution in [0.25, 0.3) is 11.3 Å². The van der Waals surface area contributed by atoms with Crippen molar-refractivity contribution in [2.45, 2.75) is 71.4 Å². The number of hydrogen-bond acceptors (Lipinski definition) is 6. The van der Waals surface area contributed by atoms with Crippen LogP contribution in [0.3, 0.4) is 0 Å². The molecule has 1 atom stereocenters. The van der Waals surface area contributed by atoms with E-state index in [0.29, 0.717) is 12.0 Å². The van der Waals surface area contributed by atoms with Crippen LogP contribution in [0.1, 0.15) is 65.4 Å². The normalized spacial score (nSPS) is 16.0. The minimum absolute atomic E-state index is 0.0323. The molecule has 1 aromatic heterocycles. The summed E-state index contributed by atoms with van der Waals surface area (Å²) in [7, 11) is 0. The van der Waals surface area contributed by atoms with E-state index in [1.54, 1.807) is 11.3 Å². The highest BCUT2D eigenvalue weighted by Crippen LogP contribution is 2.32. The molecule has 1 amide bonds. The number of piperidine rings is 1. The van der Waals surface area contributed by atoms with E-state index in [2.05, 4.69) is 67.7 Å². The van der Waals surface area contributed by atoms with Gasteiger partial charge >= 0.3 is 0 Å². The fourth-order valence-corrected chi connectivity index (χ4v) is 5.29. The molecule has 2 heterocycles. The first kappa shape index (κ1) is 25.2. The van der Waals surface area contributed by atoms with E-state index in [9.17, 15) is 4.79 Å². The Morgan fingerprint density at radius 2 is 2.03 bits per heavy atom. The maximum atomic E-state index is 12.7. The molecular formula is C26H37N5OS. The van der Waals surface area contributed by atoms with Gasteiger partial charge in [-0.2, -0.15) is 5.26 Å². The van der Waals surface area contributed by atoms with Gasteiger partial charge < -0.3 is 15.5 Å². The number of carbonyl (C=O) groups is 1. The number of nitrogens with one attached hydrogen (secondary N) is 2. The summed E-state index contributed by atoms with van der Waals surface area (Å²) < 4.78 is 0. The van der Waals surface area contributed by atoms with Gasteiger partial charge in [0.15, 0.2) is 5.13 Å². The average Bonchev–Trinajstić information content (AvgIpc) is 3.25. The van der Waals surface area contributed by atoms with Crippen LogP contribution in [0.2, 0.25) is 0 Å². The van der Waals surface area contributed by atoms with Crippen molar-refractivity contribution in [1.82, 2.24) is 15.6 Å². The Morgan fingerprint density at radius 3 is 2.67 bits per heavy atom. The maximum absolute atomic E-state index is 12.7. The summed E-state index contributed by atoms with van der Waals surface area (Å²) in [5.74, 6) is 0.00641. The molecule has 1 aliphatic rings. The van der Waals surface area contributed by atoms with Gasteiger partial charge in [0.25, 0.3) is 0 Å². The molecule has 1 unspecified atom stereocenters. The molecule has 0 bridgehead atoms. The molecule has 1 aliphatic heterocycles. The van der Waals surface area contributed by atoms with Crippen LogP contribution >= 0.6 is 11.3 Å². The smallest absolute Gasteiger partial charge is 0.228 e. The third kappa shape index (κ3) is 7.28. The van der Waals surface area contributed by atoms with E-state index in [0.717, 1.165) is 54.3 Å². The lowest BCUT2D eigenvalue weighted by molar-refractivity contribution is -0.122. The number of benzene rings is 1. The first-order chi connectivity index (χ1) is 15.7. The van der Waals surface area contributed by atoms with Gasteiger partial charge in [-0.25, -0.2) is 4.98 Å². The Bertz CT molecular complexity index is 964. The number of aromatic nitrogens is 1. The van der Waals surface area contributed by atoms with Crippen LogP contribution in [0.15, 0.2) is 29.6 Å². The lowest BCUT2D eigenvalue weighted by atomic mass is 9.88. The van der Waals surface area contributed by atoms with Crippen molar-refractivity contribution in [2.24, 2.45) is 5.92 Å². The summed E-state index contributed by atoms with van der Waals surface area (Å²) >= 11 is 1.69. The summed E-state index contributed by atoms with van der Waals surface area (Å²) in [4.78, 5) is 20.0. The third-order valence-corrected chi connectivity index (χ3v) is 6.75. The lowest BCUT2D eigenvalue weighted by Crippen LogP contribution is -2.49. The monoisotopic (exact) mass is 467 g/mol. The first-order valence-corrected chi connectivity index (χ1v) is 12.8. The average molecular weight is 468 g/mol. The number of amides is 1. The predicted octanol–water partition coefficient (Wildman–Crippen LogP) is 4.94. The Morgan fingerprint density at radius 1 is 1.30 bits per heavy atom. The first-order valence-electron chi connectivity index (χ1n) is 11.9. The Hall–Kier alpha value is -2.43. The van der Waals surface area contributed by atoms with Crippen molar-refractivity contribution in [3.63, 3.8) is 0 Å². The summed E-state index contributed by atoms with van der Waals surface area (Å²) in [6.07, 6.45) is 2.98. The van der Waals surface area contributed by atoms with E-state index >= 15 is 0 Å². The lowest BCUT2D eigenvalue weighted by Gasteiger charge is -2.36. The molecule has 33 heavy (non-hydrogen) atoms. The van der Waals surface area contributed by atoms with Crippen LogP contribution in [-0.2, 0) is 4.79 Å². The molecule has 1 saturated heterocycles. The highest BCUT2D eigenvalue weighted by Gasteiger charge is 2.25. The molecule has 0 aliphatic carbocycles. The minimum atomic E-state index is -0.272. The number of rotatable bonds is 8. The third-order valence-electron chi connectivity index (χ3n) is 5.84. The van der Waals surface area contributed by atoms with E-state index < -0.39 is 0 Å². The van der Waals surface area contributed by atoms with Gasteiger partial charge in [-0.3, -0.25) is 4.79 Å². The van der Waals surface area contributed by atoms with E-state index in [4.69, 9.17) is 10.2 Å². The zero-order chi connectivity index (χ0) is 24.0. The van der Waals surface area contributed by atoms with Crippen molar-refractivity contribution >= 4 is 22.4 Å². The highest BCUT2D eigenvalue weighted by atomic mass is 32.1. The van der Waals surface area contributed by atoms with Gasteiger partial charge in [0.1, 0.15) is 6.54 Å². The molecule has 6 nitrogen and oxygen atoms in total. The molecule has 7 heteroatoms. The highest BCUT2D eigenvalue weighted by molar-refractivity contribution is 7.14. The molecule has 0 saturated carbocycles. The van der Waals surface area contributed by atoms with Crippen molar-refractivity contribution in [2.75, 3.05) is 24.5 Å². The zero-order valence-electron chi connectivity index (χ0n) is 20.5. The van der Waals surface area contributed by atoms with Crippen LogP contribution in [0.5, 0.6) is 0 Å². The molecule has 2 aromatic rings. The molecule has 178 valence electrons. The number of carbonyl (C=O) groups excluding carboxylic acids is 1. The van der Waals surface area contributed by atoms with Crippen molar-refractivity contribution in [1.29, 1.82) is 5.26 Å². The second-order valence-electron chi connectivity index (χ2n) is 10.4. The Balaban J connectivity index is 1.72. The van der Waals surface area contributed by atoms with Crippen molar-refractivity contribution < 1.29 is 4.79 Å². The van der Waals surface area contributed by atoms with E-state index in [1.807, 2.05) is 18.2 Å². The van der Waals surface area contributed by atoms with Gasteiger partial charge in [0.05, 0.1) is 17.7 Å². The minimum Gasteiger partial charge on any atom is -0.348 e. The Labute approximate surface area is 202 Å². The van der Waals surface area contributed by atoms with Crippen molar-refractivity contribution in [3.8, 4) is 17.3 Å². The largest absolute Gasteiger partial charge is 0.348 e. The van der Waals surface area contributed by atoms with Crippen LogP contribution in [0.4, 0.5) is 5.13 Å². The van der Waals surface area contributed by atoms with Gasteiger partial charge in [-0.05, 0) is 57.6 Å². The standard InChI is InChI=1S/C26H37N5OS/c1-18(2)15-22(24(32)28-12-11-27)19-7-6-8-20(16-19)23-17-33-25(29-23)31-13-9-21(10-14-31)30-26(3,4)5/h6-8,16-18,21-22,30H,9-10,12-15H2,1-5H3,(H,28,32). The Kier molecular flexibility index (Phi) is 8.50. The summed E-state index contributed by atoms with van der Waals surface area (Å²) in [6.45, 7) is 12.9. The molecular weight excluding hydrogens is 430 g/mol. The van der Waals surface area contributed by atoms with Crippen molar-refractivity contribution in [3.05, 3.63) is 35.2 Å². The van der Waals surface area contributed by atoms with Gasteiger partial charge in [0.2, 0.25) is 5.91 Å². The molecule has 3 rings (SSSR count). The summed E-state index contributed by atoms with van der Waals surface area (Å²) in [5, 5.41) is 18.5. The predicted molar refractivity (Wildman–Crippen MR) is 136 cm³/mol. The van der Waals surface area contributed by atoms with Gasteiger partial charge in [0, 0.05) is 35.6 Å². The number of nitrogens with zero attached hydrogens (tertiary/aromatic N) is 3. The number of anilines is 1. The number of nitriles is 1. The second kappa shape index (κ2) is 11.1. The number of hydrogen-bond donors (Lipinski definition) is 2. The summed E-state index contributed by atoms with van der Waals surface area (Å²) in [6, 6.07) is 10.7. The molecule has 1 aromatic carbocycles. The van der Waals surface area contributed by atoms with Crippen LogP contribution in [-0.4, -0.2) is 42.1 Å². The van der Waals surface area contributed by atoms with Crippen LogP contribution < -0.4 is 15.5 Å². The molecule has 1 fully saturated rings. The quantitative estimate of drug-likeness (QED) is 0.538. The number of thiazole rings is 1. The fourth-order valence-electron chi connectivity index (χ4n) is 4.40. The SMILES string of the molecule is CC(C)CC(C(=O)NCC#N)c1cccc(-c2csc(N3CCC(NC(C)(C)C)CC3)n2)c1. The van der Waals surface area contributed by atoms with E-state index in [-0.39, 0.29) is 23.9 Å². The topological polar surface area (TPSA) is 81.0 Å². The maximum Gasteiger partial charge on any atom is 0.228 e. The molecule has 0 spiro atoms. The van der Waals surface area contributed by atoms with E-state index in [1.165, 1.54) is 0 Å². The molecule has 2 N–H and O–H groups in total. The summed E-state index contributed by atoms with van der Waals surface area (Å²) in [5.41, 5.74) is 3.10. The van der Waals surface area contributed by atoms with Gasteiger partial charge in [-0.15, -0.1) is 11.3 Å². The fraction of sp³-hybridized carbons (Fsp3) is 0.577. The zero-order valence-corrected chi connectivity index (χ0v) is 21.3. The van der Waals surface area contributed by atoms with Crippen LogP contribution in [0, 0.1) is 17.2 Å². The molecule has 0 radical (unpaired) electrons.